The molecule has 0 atom stereocenters. The van der Waals surface area contributed by atoms with Crippen LogP contribution in [0.4, 0.5) is 13.2 Å². The topological polar surface area (TPSA) is 44.1 Å². The van der Waals surface area contributed by atoms with Gasteiger partial charge in [0.15, 0.2) is 0 Å². The number of aryl methyl sites for hydroxylation is 1. The van der Waals surface area contributed by atoms with Crippen molar-refractivity contribution in [3.8, 4) is 0 Å². The van der Waals surface area contributed by atoms with Gasteiger partial charge in [-0.1, -0.05) is 6.07 Å². The molecule has 0 fully saturated rings. The van der Waals surface area contributed by atoms with Crippen molar-refractivity contribution in [1.82, 2.24) is 9.55 Å². The SMILES string of the molecule is CC(=O)OCc1nc2c(C(F)(F)F)cccc2n1C. The highest BCUT2D eigenvalue weighted by atomic mass is 19.4. The average Bonchev–Trinajstić information content (AvgIpc) is 2.62. The van der Waals surface area contributed by atoms with E-state index < -0.39 is 17.7 Å². The first-order valence-corrected chi connectivity index (χ1v) is 5.45. The summed E-state index contributed by atoms with van der Waals surface area (Å²) >= 11 is 0. The maximum atomic E-state index is 12.8. The summed E-state index contributed by atoms with van der Waals surface area (Å²) in [6.45, 7) is 1.07. The number of benzene rings is 1. The Kier molecular flexibility index (Phi) is 3.21. The van der Waals surface area contributed by atoms with E-state index in [9.17, 15) is 18.0 Å². The first-order valence-electron chi connectivity index (χ1n) is 5.45. The number of alkyl halides is 3. The third kappa shape index (κ3) is 2.54. The number of imidazole rings is 1. The molecule has 0 aliphatic heterocycles. The lowest BCUT2D eigenvalue weighted by Crippen LogP contribution is -2.05. The fourth-order valence-electron chi connectivity index (χ4n) is 1.79. The van der Waals surface area contributed by atoms with Crippen LogP contribution in [0.2, 0.25) is 0 Å². The standard InChI is InChI=1S/C12H11F3N2O2/c1-7(18)19-6-10-16-11-8(12(13,14)15)4-3-5-9(11)17(10)2/h3-5H,6H2,1-2H3. The molecule has 0 saturated carbocycles. The minimum atomic E-state index is -4.47. The van der Waals surface area contributed by atoms with Gasteiger partial charge in [-0.25, -0.2) is 4.98 Å². The van der Waals surface area contributed by atoms with Gasteiger partial charge in [-0.2, -0.15) is 13.2 Å². The van der Waals surface area contributed by atoms with Gasteiger partial charge >= 0.3 is 12.1 Å². The zero-order valence-corrected chi connectivity index (χ0v) is 10.3. The van der Waals surface area contributed by atoms with Gasteiger partial charge in [0.1, 0.15) is 17.9 Å². The third-order valence-electron chi connectivity index (χ3n) is 2.71. The van der Waals surface area contributed by atoms with Gasteiger partial charge in [-0.3, -0.25) is 4.79 Å². The first kappa shape index (κ1) is 13.4. The van der Waals surface area contributed by atoms with E-state index in [-0.39, 0.29) is 17.9 Å². The summed E-state index contributed by atoms with van der Waals surface area (Å²) in [6, 6.07) is 3.84. The van der Waals surface area contributed by atoms with Crippen LogP contribution in [0.5, 0.6) is 0 Å². The predicted octanol–water partition coefficient (Wildman–Crippen LogP) is 2.66. The highest BCUT2D eigenvalue weighted by Crippen LogP contribution is 2.34. The maximum absolute atomic E-state index is 12.8. The van der Waals surface area contributed by atoms with Crippen LogP contribution in [0.25, 0.3) is 11.0 Å². The number of esters is 1. The average molecular weight is 272 g/mol. The molecule has 1 aromatic carbocycles. The van der Waals surface area contributed by atoms with Gasteiger partial charge in [0.25, 0.3) is 0 Å². The second-order valence-electron chi connectivity index (χ2n) is 4.04. The molecular formula is C12H11F3N2O2. The predicted molar refractivity (Wildman–Crippen MR) is 61.2 cm³/mol. The quantitative estimate of drug-likeness (QED) is 0.789. The number of hydrogen-bond acceptors (Lipinski definition) is 3. The van der Waals surface area contributed by atoms with Crippen molar-refractivity contribution in [3.63, 3.8) is 0 Å². The van der Waals surface area contributed by atoms with Crippen LogP contribution in [0, 0.1) is 0 Å². The summed E-state index contributed by atoms with van der Waals surface area (Å²) in [7, 11) is 1.58. The van der Waals surface area contributed by atoms with Crippen LogP contribution in [-0.4, -0.2) is 15.5 Å². The van der Waals surface area contributed by atoms with E-state index in [0.717, 1.165) is 6.07 Å². The maximum Gasteiger partial charge on any atom is 0.418 e. The second kappa shape index (κ2) is 4.56. The molecule has 0 amide bonds. The van der Waals surface area contributed by atoms with Gasteiger partial charge < -0.3 is 9.30 Å². The molecule has 2 rings (SSSR count). The number of fused-ring (bicyclic) bond motifs is 1. The van der Waals surface area contributed by atoms with Crippen LogP contribution in [0.1, 0.15) is 18.3 Å². The van der Waals surface area contributed by atoms with E-state index in [1.165, 1.54) is 23.6 Å². The molecule has 1 heterocycles. The Labute approximate surface area is 106 Å². The van der Waals surface area contributed by atoms with E-state index in [4.69, 9.17) is 4.74 Å². The molecule has 0 bridgehead atoms. The number of carbonyl (C=O) groups excluding carboxylic acids is 1. The van der Waals surface area contributed by atoms with Crippen LogP contribution >= 0.6 is 0 Å². The van der Waals surface area contributed by atoms with Crippen molar-refractivity contribution in [2.45, 2.75) is 19.7 Å². The van der Waals surface area contributed by atoms with Crippen molar-refractivity contribution in [2.24, 2.45) is 7.05 Å². The minimum Gasteiger partial charge on any atom is -0.458 e. The summed E-state index contributed by atoms with van der Waals surface area (Å²) < 4.78 is 44.8. The van der Waals surface area contributed by atoms with Crippen molar-refractivity contribution >= 4 is 17.0 Å². The fraction of sp³-hybridized carbons (Fsp3) is 0.333. The number of carbonyl (C=O) groups is 1. The molecule has 0 aliphatic carbocycles. The molecule has 1 aromatic heterocycles. The zero-order chi connectivity index (χ0) is 14.2. The number of hydrogen-bond donors (Lipinski definition) is 0. The van der Waals surface area contributed by atoms with E-state index in [2.05, 4.69) is 4.98 Å². The lowest BCUT2D eigenvalue weighted by Gasteiger charge is -2.06. The highest BCUT2D eigenvalue weighted by molar-refractivity contribution is 5.80. The molecule has 0 spiro atoms. The Morgan fingerprint density at radius 1 is 1.42 bits per heavy atom. The molecule has 7 heteroatoms. The molecule has 102 valence electrons. The van der Waals surface area contributed by atoms with Crippen molar-refractivity contribution in [1.29, 1.82) is 0 Å². The Bertz CT molecular complexity index is 632. The normalized spacial score (nSPS) is 11.8. The number of halogens is 3. The Morgan fingerprint density at radius 2 is 2.11 bits per heavy atom. The minimum absolute atomic E-state index is 0.139. The number of nitrogens with zero attached hydrogens (tertiary/aromatic N) is 2. The summed E-state index contributed by atoms with van der Waals surface area (Å²) in [5.41, 5.74) is -0.591. The molecule has 0 N–H and O–H groups in total. The Balaban J connectivity index is 2.53. The zero-order valence-electron chi connectivity index (χ0n) is 10.3. The van der Waals surface area contributed by atoms with E-state index in [1.54, 1.807) is 7.05 Å². The number of ether oxygens (including phenoxy) is 1. The lowest BCUT2D eigenvalue weighted by atomic mass is 10.2. The van der Waals surface area contributed by atoms with E-state index >= 15 is 0 Å². The van der Waals surface area contributed by atoms with Crippen LogP contribution < -0.4 is 0 Å². The molecule has 0 unspecified atom stereocenters. The van der Waals surface area contributed by atoms with E-state index in [1.807, 2.05) is 0 Å². The van der Waals surface area contributed by atoms with Crippen LogP contribution in [-0.2, 0) is 29.4 Å². The molecule has 0 saturated heterocycles. The number of aromatic nitrogens is 2. The second-order valence-corrected chi connectivity index (χ2v) is 4.04. The fourth-order valence-corrected chi connectivity index (χ4v) is 1.79. The summed E-state index contributed by atoms with van der Waals surface area (Å²) in [4.78, 5) is 14.6. The lowest BCUT2D eigenvalue weighted by molar-refractivity contribution is -0.142. The van der Waals surface area contributed by atoms with Gasteiger partial charge in [-0.05, 0) is 12.1 Å². The van der Waals surface area contributed by atoms with E-state index in [0.29, 0.717) is 5.52 Å². The van der Waals surface area contributed by atoms with Crippen molar-refractivity contribution in [2.75, 3.05) is 0 Å². The number of para-hydroxylation sites is 1. The highest BCUT2D eigenvalue weighted by Gasteiger charge is 2.34. The first-order chi connectivity index (χ1) is 8.80. The van der Waals surface area contributed by atoms with Gasteiger partial charge in [0, 0.05) is 14.0 Å². The molecular weight excluding hydrogens is 261 g/mol. The van der Waals surface area contributed by atoms with Gasteiger partial charge in [0.2, 0.25) is 0 Å². The van der Waals surface area contributed by atoms with Gasteiger partial charge in [-0.15, -0.1) is 0 Å². The molecule has 2 aromatic rings. The summed E-state index contributed by atoms with van der Waals surface area (Å²) in [5, 5.41) is 0. The number of rotatable bonds is 2. The Hall–Kier alpha value is -2.05. The van der Waals surface area contributed by atoms with Crippen molar-refractivity contribution < 1.29 is 22.7 Å². The van der Waals surface area contributed by atoms with Crippen LogP contribution in [0.15, 0.2) is 18.2 Å². The smallest absolute Gasteiger partial charge is 0.418 e. The largest absolute Gasteiger partial charge is 0.458 e. The summed E-state index contributed by atoms with van der Waals surface area (Å²) in [6.07, 6.45) is -4.47. The van der Waals surface area contributed by atoms with Crippen LogP contribution in [0.3, 0.4) is 0 Å². The third-order valence-corrected chi connectivity index (χ3v) is 2.71. The molecule has 0 radical (unpaired) electrons. The van der Waals surface area contributed by atoms with Crippen molar-refractivity contribution in [3.05, 3.63) is 29.6 Å². The monoisotopic (exact) mass is 272 g/mol. The molecule has 0 aliphatic rings. The molecule has 19 heavy (non-hydrogen) atoms. The summed E-state index contributed by atoms with van der Waals surface area (Å²) in [5.74, 6) is -0.245. The Morgan fingerprint density at radius 3 is 2.68 bits per heavy atom. The molecule has 4 nitrogen and oxygen atoms in total. The van der Waals surface area contributed by atoms with Gasteiger partial charge in [0.05, 0.1) is 11.1 Å².